The smallest absolute Gasteiger partial charge is 0.290 e. The van der Waals surface area contributed by atoms with E-state index in [2.05, 4.69) is 15.3 Å². The average Bonchev–Trinajstić information content (AvgIpc) is 2.71. The Hall–Kier alpha value is -1.36. The molecular weight excluding hydrogens is 194 g/mol. The molecule has 15 heavy (non-hydrogen) atoms. The maximum Gasteiger partial charge on any atom is 0.290 e. The molecule has 0 radical (unpaired) electrons. The quantitative estimate of drug-likeness (QED) is 0.677. The molecule has 0 spiro atoms. The van der Waals surface area contributed by atoms with E-state index < -0.39 is 0 Å². The van der Waals surface area contributed by atoms with Gasteiger partial charge in [-0.15, -0.1) is 0 Å². The van der Waals surface area contributed by atoms with Crippen LogP contribution in [-0.4, -0.2) is 27.2 Å². The van der Waals surface area contributed by atoms with Gasteiger partial charge in [0.2, 0.25) is 0 Å². The molecule has 0 amide bonds. The van der Waals surface area contributed by atoms with E-state index in [4.69, 9.17) is 0 Å². The van der Waals surface area contributed by atoms with Crippen molar-refractivity contribution in [2.24, 2.45) is 0 Å². The fraction of sp³-hybridized carbons (Fsp3) is 0.600. The molecule has 0 unspecified atom stereocenters. The molecule has 1 saturated carbocycles. The Morgan fingerprint density at radius 2 is 2.27 bits per heavy atom. The van der Waals surface area contributed by atoms with Crippen molar-refractivity contribution in [3.05, 3.63) is 22.7 Å². The van der Waals surface area contributed by atoms with Gasteiger partial charge in [-0.3, -0.25) is 4.79 Å². The highest BCUT2D eigenvalue weighted by Gasteiger charge is 2.33. The molecule has 1 aromatic rings. The average molecular weight is 209 g/mol. The monoisotopic (exact) mass is 209 g/mol. The molecule has 0 saturated heterocycles. The van der Waals surface area contributed by atoms with Crippen LogP contribution in [0.4, 0.5) is 5.82 Å². The topological polar surface area (TPSA) is 78.0 Å². The fourth-order valence-electron chi connectivity index (χ4n) is 2.07. The number of aliphatic hydroxyl groups is 1. The minimum Gasteiger partial charge on any atom is -0.394 e. The standard InChI is InChI=1S/C10H15N3O2/c14-7-10(3-1-2-4-10)13-8-9(15)12-6-5-11-8/h5-6,14H,1-4,7H2,(H,11,13)(H,12,15). The van der Waals surface area contributed by atoms with E-state index in [1.807, 2.05) is 0 Å². The van der Waals surface area contributed by atoms with Gasteiger partial charge in [-0.25, -0.2) is 4.98 Å². The summed E-state index contributed by atoms with van der Waals surface area (Å²) in [5, 5.41) is 12.4. The molecule has 1 aliphatic rings. The van der Waals surface area contributed by atoms with Gasteiger partial charge in [0.15, 0.2) is 5.82 Å². The van der Waals surface area contributed by atoms with Crippen LogP contribution in [0, 0.1) is 0 Å². The molecule has 1 aliphatic carbocycles. The van der Waals surface area contributed by atoms with Gasteiger partial charge >= 0.3 is 0 Å². The number of hydrogen-bond acceptors (Lipinski definition) is 4. The van der Waals surface area contributed by atoms with Gasteiger partial charge in [-0.05, 0) is 12.8 Å². The lowest BCUT2D eigenvalue weighted by atomic mass is 9.99. The summed E-state index contributed by atoms with van der Waals surface area (Å²) in [4.78, 5) is 17.9. The minimum absolute atomic E-state index is 0.0447. The van der Waals surface area contributed by atoms with Gasteiger partial charge in [0.25, 0.3) is 5.56 Å². The first-order chi connectivity index (χ1) is 7.26. The minimum atomic E-state index is -0.346. The van der Waals surface area contributed by atoms with Crippen LogP contribution in [-0.2, 0) is 0 Å². The number of aromatic amines is 1. The largest absolute Gasteiger partial charge is 0.394 e. The van der Waals surface area contributed by atoms with Gasteiger partial charge in [-0.1, -0.05) is 12.8 Å². The van der Waals surface area contributed by atoms with Crippen molar-refractivity contribution in [1.29, 1.82) is 0 Å². The van der Waals surface area contributed by atoms with Gasteiger partial charge in [0, 0.05) is 12.4 Å². The van der Waals surface area contributed by atoms with Gasteiger partial charge in [0.1, 0.15) is 0 Å². The van der Waals surface area contributed by atoms with Crippen molar-refractivity contribution < 1.29 is 5.11 Å². The van der Waals surface area contributed by atoms with Crippen LogP contribution in [0.25, 0.3) is 0 Å². The first-order valence-electron chi connectivity index (χ1n) is 5.18. The van der Waals surface area contributed by atoms with Gasteiger partial charge in [-0.2, -0.15) is 0 Å². The summed E-state index contributed by atoms with van der Waals surface area (Å²) < 4.78 is 0. The highest BCUT2D eigenvalue weighted by Crippen LogP contribution is 2.31. The second-order valence-corrected chi connectivity index (χ2v) is 4.04. The van der Waals surface area contributed by atoms with E-state index in [0.29, 0.717) is 5.82 Å². The molecule has 0 atom stereocenters. The zero-order valence-electron chi connectivity index (χ0n) is 8.49. The summed E-state index contributed by atoms with van der Waals surface area (Å²) in [7, 11) is 0. The van der Waals surface area contributed by atoms with Crippen LogP contribution >= 0.6 is 0 Å². The number of aliphatic hydroxyl groups excluding tert-OH is 1. The fourth-order valence-corrected chi connectivity index (χ4v) is 2.07. The van der Waals surface area contributed by atoms with Crippen molar-refractivity contribution in [3.63, 3.8) is 0 Å². The van der Waals surface area contributed by atoms with Gasteiger partial charge in [0.05, 0.1) is 12.1 Å². The predicted octanol–water partition coefficient (Wildman–Crippen LogP) is 0.487. The van der Waals surface area contributed by atoms with Crippen molar-refractivity contribution in [3.8, 4) is 0 Å². The highest BCUT2D eigenvalue weighted by molar-refractivity contribution is 5.35. The summed E-state index contributed by atoms with van der Waals surface area (Å²) in [6, 6.07) is 0. The summed E-state index contributed by atoms with van der Waals surface area (Å²) in [5.74, 6) is 0.299. The van der Waals surface area contributed by atoms with Crippen LogP contribution < -0.4 is 10.9 Å². The van der Waals surface area contributed by atoms with Crippen LogP contribution in [0.3, 0.4) is 0 Å². The molecule has 0 aromatic carbocycles. The summed E-state index contributed by atoms with van der Waals surface area (Å²) in [6.45, 7) is 0.0447. The summed E-state index contributed by atoms with van der Waals surface area (Å²) >= 11 is 0. The number of hydrogen-bond donors (Lipinski definition) is 3. The Labute approximate surface area is 87.6 Å². The highest BCUT2D eigenvalue weighted by atomic mass is 16.3. The Morgan fingerprint density at radius 3 is 2.87 bits per heavy atom. The Balaban J connectivity index is 2.20. The molecular formula is C10H15N3O2. The normalized spacial score (nSPS) is 19.0. The van der Waals surface area contributed by atoms with Crippen molar-refractivity contribution in [2.75, 3.05) is 11.9 Å². The maximum absolute atomic E-state index is 11.4. The maximum atomic E-state index is 11.4. The van der Waals surface area contributed by atoms with Crippen molar-refractivity contribution in [2.45, 2.75) is 31.2 Å². The number of anilines is 1. The molecule has 0 bridgehead atoms. The Morgan fingerprint density at radius 1 is 1.53 bits per heavy atom. The third kappa shape index (κ3) is 2.02. The Bertz CT molecular complexity index is 382. The summed E-state index contributed by atoms with van der Waals surface area (Å²) in [6.07, 6.45) is 6.97. The first-order valence-corrected chi connectivity index (χ1v) is 5.18. The van der Waals surface area contributed by atoms with E-state index >= 15 is 0 Å². The van der Waals surface area contributed by atoms with E-state index in [-0.39, 0.29) is 17.7 Å². The first kappa shape index (κ1) is 10.2. The van der Waals surface area contributed by atoms with Crippen molar-refractivity contribution in [1.82, 2.24) is 9.97 Å². The zero-order valence-corrected chi connectivity index (χ0v) is 8.49. The number of H-pyrrole nitrogens is 1. The van der Waals surface area contributed by atoms with Crippen LogP contribution in [0.1, 0.15) is 25.7 Å². The van der Waals surface area contributed by atoms with Crippen LogP contribution in [0.2, 0.25) is 0 Å². The lowest BCUT2D eigenvalue weighted by molar-refractivity contribution is 0.213. The third-order valence-corrected chi connectivity index (χ3v) is 2.95. The number of nitrogens with one attached hydrogen (secondary N) is 2. The van der Waals surface area contributed by atoms with Crippen LogP contribution in [0.5, 0.6) is 0 Å². The molecule has 1 fully saturated rings. The van der Waals surface area contributed by atoms with E-state index in [1.54, 1.807) is 0 Å². The molecule has 1 heterocycles. The molecule has 2 rings (SSSR count). The molecule has 3 N–H and O–H groups in total. The third-order valence-electron chi connectivity index (χ3n) is 2.95. The van der Waals surface area contributed by atoms with E-state index in [9.17, 15) is 9.90 Å². The van der Waals surface area contributed by atoms with Gasteiger partial charge < -0.3 is 15.4 Å². The predicted molar refractivity (Wildman–Crippen MR) is 56.8 cm³/mol. The molecule has 82 valence electrons. The second-order valence-electron chi connectivity index (χ2n) is 4.04. The number of nitrogens with zero attached hydrogens (tertiary/aromatic N) is 1. The van der Waals surface area contributed by atoms with Crippen molar-refractivity contribution >= 4 is 5.82 Å². The lowest BCUT2D eigenvalue weighted by Crippen LogP contribution is -2.41. The number of rotatable bonds is 3. The molecule has 5 heteroatoms. The number of aromatic nitrogens is 2. The lowest BCUT2D eigenvalue weighted by Gasteiger charge is -2.27. The Kier molecular flexibility index (Phi) is 2.73. The molecule has 0 aliphatic heterocycles. The SMILES string of the molecule is O=c1[nH]ccnc1NC1(CO)CCCC1. The zero-order chi connectivity index (χ0) is 10.7. The molecule has 5 nitrogen and oxygen atoms in total. The second kappa shape index (κ2) is 4.02. The summed E-state index contributed by atoms with van der Waals surface area (Å²) in [5.41, 5.74) is -0.585. The van der Waals surface area contributed by atoms with E-state index in [0.717, 1.165) is 25.7 Å². The van der Waals surface area contributed by atoms with E-state index in [1.165, 1.54) is 12.4 Å². The van der Waals surface area contributed by atoms with Crippen LogP contribution in [0.15, 0.2) is 17.2 Å². The molecule has 1 aromatic heterocycles.